The summed E-state index contributed by atoms with van der Waals surface area (Å²) in [5, 5.41) is 2.74. The Hall–Kier alpha value is -2.08. The first-order valence-electron chi connectivity index (χ1n) is 10.4. The Bertz CT molecular complexity index is 1020. The molecule has 1 aromatic carbocycles. The number of amides is 1. The molecule has 1 saturated heterocycles. The summed E-state index contributed by atoms with van der Waals surface area (Å²) in [5.41, 5.74) is 3.91. The monoisotopic (exact) mass is 442 g/mol. The molecular weight excluding hydrogens is 416 g/mol. The van der Waals surface area contributed by atoms with E-state index >= 15 is 0 Å². The molecule has 1 fully saturated rings. The summed E-state index contributed by atoms with van der Waals surface area (Å²) < 4.78 is 7.65. The van der Waals surface area contributed by atoms with E-state index in [-0.39, 0.29) is 5.91 Å². The molecule has 4 rings (SSSR count). The zero-order valence-electron chi connectivity index (χ0n) is 17.4. The van der Waals surface area contributed by atoms with Crippen LogP contribution in [0.5, 0.6) is 0 Å². The molecule has 1 aliphatic heterocycles. The Kier molecular flexibility index (Phi) is 6.61. The van der Waals surface area contributed by atoms with Crippen molar-refractivity contribution in [2.75, 3.05) is 26.3 Å². The average Bonchev–Trinajstić information content (AvgIpc) is 3.41. The van der Waals surface area contributed by atoms with Crippen LogP contribution in [-0.2, 0) is 11.3 Å². The molecule has 0 bridgehead atoms. The molecule has 0 unspecified atom stereocenters. The fourth-order valence-corrected chi connectivity index (χ4v) is 4.91. The molecular formula is C24H27ClN2O2S. The first-order chi connectivity index (χ1) is 14.5. The molecule has 158 valence electrons. The number of nitrogens with zero attached hydrogens (tertiary/aromatic N) is 2. The normalized spacial score (nSPS) is 14.5. The second-order valence-electron chi connectivity index (χ2n) is 8.07. The number of benzene rings is 1. The van der Waals surface area contributed by atoms with Crippen LogP contribution >= 0.6 is 22.9 Å². The lowest BCUT2D eigenvalue weighted by molar-refractivity contribution is 0.0303. The van der Waals surface area contributed by atoms with E-state index in [1.807, 2.05) is 17.0 Å². The second-order valence-corrected chi connectivity index (χ2v) is 9.39. The van der Waals surface area contributed by atoms with Gasteiger partial charge >= 0.3 is 0 Å². The number of carbonyl (C=O) groups excluding carboxylic acids is 1. The molecule has 0 spiro atoms. The van der Waals surface area contributed by atoms with Crippen LogP contribution in [0.25, 0.3) is 21.7 Å². The molecule has 6 heteroatoms. The van der Waals surface area contributed by atoms with E-state index < -0.39 is 0 Å². The van der Waals surface area contributed by atoms with Crippen LogP contribution in [0.2, 0.25) is 5.02 Å². The quantitative estimate of drug-likeness (QED) is 0.465. The first kappa shape index (κ1) is 21.2. The van der Waals surface area contributed by atoms with Gasteiger partial charge in [0.1, 0.15) is 0 Å². The van der Waals surface area contributed by atoms with Crippen LogP contribution in [-0.4, -0.2) is 41.7 Å². The van der Waals surface area contributed by atoms with Crippen LogP contribution in [0.15, 0.2) is 48.0 Å². The Morgan fingerprint density at radius 1 is 1.20 bits per heavy atom. The minimum absolute atomic E-state index is 0.0146. The maximum absolute atomic E-state index is 12.7. The van der Waals surface area contributed by atoms with E-state index in [0.717, 1.165) is 24.1 Å². The highest BCUT2D eigenvalue weighted by Gasteiger charge is 2.20. The van der Waals surface area contributed by atoms with E-state index in [1.165, 1.54) is 10.6 Å². The van der Waals surface area contributed by atoms with Gasteiger partial charge in [0.15, 0.2) is 0 Å². The van der Waals surface area contributed by atoms with Gasteiger partial charge in [0.25, 0.3) is 5.91 Å². The maximum Gasteiger partial charge on any atom is 0.254 e. The molecule has 0 radical (unpaired) electrons. The van der Waals surface area contributed by atoms with Gasteiger partial charge in [-0.05, 0) is 53.6 Å². The van der Waals surface area contributed by atoms with Gasteiger partial charge in [-0.1, -0.05) is 31.5 Å². The third-order valence-electron chi connectivity index (χ3n) is 5.45. The summed E-state index contributed by atoms with van der Waals surface area (Å²) in [6.45, 7) is 7.96. The molecule has 4 nitrogen and oxygen atoms in total. The van der Waals surface area contributed by atoms with Crippen molar-refractivity contribution < 1.29 is 9.53 Å². The summed E-state index contributed by atoms with van der Waals surface area (Å²) in [4.78, 5) is 15.8. The van der Waals surface area contributed by atoms with E-state index in [0.29, 0.717) is 42.8 Å². The summed E-state index contributed by atoms with van der Waals surface area (Å²) in [6, 6.07) is 12.1. The molecule has 0 saturated carbocycles. The number of hydrogen-bond donors (Lipinski definition) is 0. The smallest absolute Gasteiger partial charge is 0.254 e. The van der Waals surface area contributed by atoms with Crippen LogP contribution in [0.3, 0.4) is 0 Å². The number of rotatable bonds is 6. The van der Waals surface area contributed by atoms with Crippen molar-refractivity contribution in [3.05, 3.63) is 58.6 Å². The number of halogens is 1. The highest BCUT2D eigenvalue weighted by atomic mass is 35.5. The summed E-state index contributed by atoms with van der Waals surface area (Å²) in [6.07, 6.45) is 3.31. The number of morpholine rings is 1. The average molecular weight is 443 g/mol. The van der Waals surface area contributed by atoms with Crippen molar-refractivity contribution in [2.45, 2.75) is 26.8 Å². The molecule has 0 atom stereocenters. The Balaban J connectivity index is 1.54. The lowest BCUT2D eigenvalue weighted by Gasteiger charge is -2.27. The predicted octanol–water partition coefficient (Wildman–Crippen LogP) is 6.06. The van der Waals surface area contributed by atoms with Gasteiger partial charge < -0.3 is 14.2 Å². The van der Waals surface area contributed by atoms with Crippen molar-refractivity contribution >= 4 is 28.8 Å². The van der Waals surface area contributed by atoms with Crippen LogP contribution in [0.4, 0.5) is 0 Å². The van der Waals surface area contributed by atoms with Gasteiger partial charge in [-0.3, -0.25) is 4.79 Å². The first-order valence-corrected chi connectivity index (χ1v) is 11.7. The zero-order chi connectivity index (χ0) is 21.1. The van der Waals surface area contributed by atoms with Crippen molar-refractivity contribution in [3.8, 4) is 21.7 Å². The lowest BCUT2D eigenvalue weighted by Crippen LogP contribution is -2.40. The number of hydrogen-bond acceptors (Lipinski definition) is 3. The molecule has 30 heavy (non-hydrogen) atoms. The Labute approximate surface area is 187 Å². The highest BCUT2D eigenvalue weighted by molar-refractivity contribution is 7.14. The molecule has 3 heterocycles. The van der Waals surface area contributed by atoms with E-state index in [4.69, 9.17) is 16.3 Å². The van der Waals surface area contributed by atoms with E-state index in [2.05, 4.69) is 48.2 Å². The van der Waals surface area contributed by atoms with Crippen molar-refractivity contribution in [3.63, 3.8) is 0 Å². The van der Waals surface area contributed by atoms with E-state index in [9.17, 15) is 4.79 Å². The standard InChI is InChI=1S/C24H27ClN2O2S/c1-17(2)7-9-26-8-3-4-22(26)23-15-19(16-30-23)20-6-5-18(14-21(20)25)24(28)27-10-12-29-13-11-27/h3-6,8,14-17H,7,9-13H2,1-2H3. The minimum Gasteiger partial charge on any atom is -0.378 e. The second kappa shape index (κ2) is 9.38. The van der Waals surface area contributed by atoms with Gasteiger partial charge in [0.2, 0.25) is 0 Å². The fraction of sp³-hybridized carbons (Fsp3) is 0.375. The van der Waals surface area contributed by atoms with Crippen LogP contribution in [0.1, 0.15) is 30.6 Å². The summed E-state index contributed by atoms with van der Waals surface area (Å²) in [7, 11) is 0. The third kappa shape index (κ3) is 4.64. The van der Waals surface area contributed by atoms with Gasteiger partial charge in [-0.15, -0.1) is 11.3 Å². The fourth-order valence-electron chi connectivity index (χ4n) is 3.67. The van der Waals surface area contributed by atoms with Crippen molar-refractivity contribution in [1.82, 2.24) is 9.47 Å². The minimum atomic E-state index is 0.0146. The largest absolute Gasteiger partial charge is 0.378 e. The Morgan fingerprint density at radius 3 is 2.73 bits per heavy atom. The number of aryl methyl sites for hydroxylation is 1. The highest BCUT2D eigenvalue weighted by Crippen LogP contribution is 2.36. The van der Waals surface area contributed by atoms with Crippen molar-refractivity contribution in [2.24, 2.45) is 5.92 Å². The van der Waals surface area contributed by atoms with Crippen LogP contribution in [0, 0.1) is 5.92 Å². The number of aromatic nitrogens is 1. The summed E-state index contributed by atoms with van der Waals surface area (Å²) >= 11 is 8.32. The maximum atomic E-state index is 12.7. The molecule has 2 aromatic heterocycles. The van der Waals surface area contributed by atoms with Crippen LogP contribution < -0.4 is 0 Å². The molecule has 0 aliphatic carbocycles. The molecule has 3 aromatic rings. The SMILES string of the molecule is CC(C)CCn1cccc1-c1cc(-c2ccc(C(=O)N3CCOCC3)cc2Cl)cs1. The third-order valence-corrected chi connectivity index (χ3v) is 6.72. The molecule has 0 N–H and O–H groups in total. The molecule has 1 aliphatic rings. The van der Waals surface area contributed by atoms with Crippen molar-refractivity contribution in [1.29, 1.82) is 0 Å². The van der Waals surface area contributed by atoms with E-state index in [1.54, 1.807) is 17.4 Å². The topological polar surface area (TPSA) is 34.5 Å². The number of thiophene rings is 1. The Morgan fingerprint density at radius 2 is 2.00 bits per heavy atom. The zero-order valence-corrected chi connectivity index (χ0v) is 19.0. The number of ether oxygens (including phenoxy) is 1. The van der Waals surface area contributed by atoms with Gasteiger partial charge in [-0.2, -0.15) is 0 Å². The van der Waals surface area contributed by atoms with Gasteiger partial charge in [-0.25, -0.2) is 0 Å². The van der Waals surface area contributed by atoms with Gasteiger partial charge in [0, 0.05) is 42.0 Å². The van der Waals surface area contributed by atoms with Gasteiger partial charge in [0.05, 0.1) is 23.8 Å². The molecule has 1 amide bonds. The summed E-state index contributed by atoms with van der Waals surface area (Å²) in [5.74, 6) is 0.692. The number of carbonyl (C=O) groups is 1. The predicted molar refractivity (Wildman–Crippen MR) is 124 cm³/mol. The lowest BCUT2D eigenvalue weighted by atomic mass is 10.0.